The summed E-state index contributed by atoms with van der Waals surface area (Å²) in [6.45, 7) is 2.83. The highest BCUT2D eigenvalue weighted by atomic mass is 16.5. The molecule has 0 bridgehead atoms. The summed E-state index contributed by atoms with van der Waals surface area (Å²) in [5, 5.41) is 4.95. The summed E-state index contributed by atoms with van der Waals surface area (Å²) < 4.78 is 7.61. The number of rotatable bonds is 7. The molecule has 3 rings (SSSR count). The van der Waals surface area contributed by atoms with E-state index in [1.165, 1.54) is 29.4 Å². The van der Waals surface area contributed by atoms with Gasteiger partial charge in [-0.15, -0.1) is 0 Å². The summed E-state index contributed by atoms with van der Waals surface area (Å²) >= 11 is 0. The van der Waals surface area contributed by atoms with Gasteiger partial charge in [0.2, 0.25) is 0 Å². The van der Waals surface area contributed by atoms with Crippen molar-refractivity contribution in [3.63, 3.8) is 0 Å². The minimum atomic E-state index is 0.755. The lowest BCUT2D eigenvalue weighted by atomic mass is 10.2. The first-order valence-corrected chi connectivity index (χ1v) is 7.18. The van der Waals surface area contributed by atoms with Crippen LogP contribution in [-0.4, -0.2) is 24.3 Å². The highest BCUT2D eigenvalue weighted by molar-refractivity contribution is 5.81. The molecule has 1 heterocycles. The van der Waals surface area contributed by atoms with E-state index in [0.717, 1.165) is 32.2 Å². The average molecular weight is 258 g/mol. The minimum absolute atomic E-state index is 0.755. The van der Waals surface area contributed by atoms with Gasteiger partial charge in [0.1, 0.15) is 0 Å². The third kappa shape index (κ3) is 2.99. The standard InChI is InChI=1S/C16H22N2O/c1-19-10-4-9-18-15(12-17-14-7-8-14)11-13-5-2-3-6-16(13)18/h2-3,5-6,11,14,17H,4,7-10,12H2,1H3. The van der Waals surface area contributed by atoms with Gasteiger partial charge in [0.15, 0.2) is 0 Å². The Morgan fingerprint density at radius 1 is 1.32 bits per heavy atom. The van der Waals surface area contributed by atoms with Crippen LogP contribution in [0, 0.1) is 0 Å². The van der Waals surface area contributed by atoms with Gasteiger partial charge in [-0.2, -0.15) is 0 Å². The number of para-hydroxylation sites is 1. The lowest BCUT2D eigenvalue weighted by Crippen LogP contribution is -2.18. The number of nitrogens with zero attached hydrogens (tertiary/aromatic N) is 1. The first-order valence-electron chi connectivity index (χ1n) is 7.18. The van der Waals surface area contributed by atoms with Crippen LogP contribution in [0.2, 0.25) is 0 Å². The number of aromatic nitrogens is 1. The Labute approximate surface area is 114 Å². The fraction of sp³-hybridized carbons (Fsp3) is 0.500. The molecule has 1 aliphatic rings. The van der Waals surface area contributed by atoms with Crippen LogP contribution in [-0.2, 0) is 17.8 Å². The predicted octanol–water partition coefficient (Wildman–Crippen LogP) is 2.93. The quantitative estimate of drug-likeness (QED) is 0.773. The summed E-state index contributed by atoms with van der Waals surface area (Å²) in [5.74, 6) is 0. The molecule has 0 spiro atoms. The molecule has 102 valence electrons. The Morgan fingerprint density at radius 2 is 2.16 bits per heavy atom. The molecule has 0 amide bonds. The molecule has 0 atom stereocenters. The van der Waals surface area contributed by atoms with Crippen LogP contribution in [0.5, 0.6) is 0 Å². The van der Waals surface area contributed by atoms with Gasteiger partial charge in [-0.1, -0.05) is 18.2 Å². The Morgan fingerprint density at radius 3 is 2.95 bits per heavy atom. The number of aryl methyl sites for hydroxylation is 1. The second-order valence-corrected chi connectivity index (χ2v) is 5.35. The molecule has 3 heteroatoms. The van der Waals surface area contributed by atoms with Gasteiger partial charge < -0.3 is 14.6 Å². The van der Waals surface area contributed by atoms with Crippen molar-refractivity contribution in [3.05, 3.63) is 36.0 Å². The summed E-state index contributed by atoms with van der Waals surface area (Å²) in [7, 11) is 1.77. The van der Waals surface area contributed by atoms with E-state index < -0.39 is 0 Å². The van der Waals surface area contributed by atoms with Gasteiger partial charge in [-0.25, -0.2) is 0 Å². The molecular formula is C16H22N2O. The van der Waals surface area contributed by atoms with E-state index in [1.54, 1.807) is 7.11 Å². The second kappa shape index (κ2) is 5.76. The number of methoxy groups -OCH3 is 1. The van der Waals surface area contributed by atoms with Crippen LogP contribution < -0.4 is 5.32 Å². The van der Waals surface area contributed by atoms with Gasteiger partial charge in [0.25, 0.3) is 0 Å². The first-order chi connectivity index (χ1) is 9.38. The molecule has 1 aromatic heterocycles. The Kier molecular flexibility index (Phi) is 3.85. The first kappa shape index (κ1) is 12.7. The van der Waals surface area contributed by atoms with E-state index in [1.807, 2.05) is 0 Å². The van der Waals surface area contributed by atoms with Crippen molar-refractivity contribution in [2.45, 2.75) is 38.4 Å². The molecule has 0 aliphatic heterocycles. The van der Waals surface area contributed by atoms with E-state index in [4.69, 9.17) is 4.74 Å². The van der Waals surface area contributed by atoms with Crippen LogP contribution in [0.4, 0.5) is 0 Å². The van der Waals surface area contributed by atoms with Crippen molar-refractivity contribution in [1.29, 1.82) is 0 Å². The molecule has 1 saturated carbocycles. The summed E-state index contributed by atoms with van der Waals surface area (Å²) in [5.41, 5.74) is 2.73. The zero-order valence-corrected chi connectivity index (χ0v) is 11.6. The maximum Gasteiger partial charge on any atom is 0.0482 e. The minimum Gasteiger partial charge on any atom is -0.385 e. The Balaban J connectivity index is 1.81. The number of ether oxygens (including phenoxy) is 1. The average Bonchev–Trinajstić information content (AvgIpc) is 3.20. The van der Waals surface area contributed by atoms with Crippen molar-refractivity contribution in [3.8, 4) is 0 Å². The van der Waals surface area contributed by atoms with Crippen LogP contribution in [0.25, 0.3) is 10.9 Å². The SMILES string of the molecule is COCCCn1c(CNC2CC2)cc2ccccc21. The predicted molar refractivity (Wildman–Crippen MR) is 78.3 cm³/mol. The number of hydrogen-bond acceptors (Lipinski definition) is 2. The summed E-state index contributed by atoms with van der Waals surface area (Å²) in [6, 6.07) is 11.7. The molecule has 0 unspecified atom stereocenters. The molecule has 1 aromatic carbocycles. The molecule has 0 radical (unpaired) electrons. The zero-order valence-electron chi connectivity index (χ0n) is 11.6. The van der Waals surface area contributed by atoms with E-state index in [9.17, 15) is 0 Å². The Bertz CT molecular complexity index is 543. The zero-order chi connectivity index (χ0) is 13.1. The molecule has 2 aromatic rings. The monoisotopic (exact) mass is 258 g/mol. The van der Waals surface area contributed by atoms with Crippen molar-refractivity contribution < 1.29 is 4.74 Å². The van der Waals surface area contributed by atoms with Crippen molar-refractivity contribution in [2.24, 2.45) is 0 Å². The topological polar surface area (TPSA) is 26.2 Å². The molecule has 1 aliphatic carbocycles. The lowest BCUT2D eigenvalue weighted by molar-refractivity contribution is 0.190. The largest absolute Gasteiger partial charge is 0.385 e. The van der Waals surface area contributed by atoms with Gasteiger partial charge in [-0.05, 0) is 36.8 Å². The van der Waals surface area contributed by atoms with Crippen molar-refractivity contribution >= 4 is 10.9 Å². The van der Waals surface area contributed by atoms with Crippen molar-refractivity contribution in [1.82, 2.24) is 9.88 Å². The normalized spacial score (nSPS) is 15.2. The molecule has 1 fully saturated rings. The number of benzene rings is 1. The lowest BCUT2D eigenvalue weighted by Gasteiger charge is -2.11. The van der Waals surface area contributed by atoms with Crippen LogP contribution in [0.1, 0.15) is 25.0 Å². The molecule has 0 saturated heterocycles. The molecule has 3 nitrogen and oxygen atoms in total. The number of fused-ring (bicyclic) bond motifs is 1. The van der Waals surface area contributed by atoms with E-state index in [-0.39, 0.29) is 0 Å². The maximum absolute atomic E-state index is 5.17. The van der Waals surface area contributed by atoms with E-state index >= 15 is 0 Å². The third-order valence-electron chi connectivity index (χ3n) is 3.78. The maximum atomic E-state index is 5.17. The second-order valence-electron chi connectivity index (χ2n) is 5.35. The van der Waals surface area contributed by atoms with Crippen molar-refractivity contribution in [2.75, 3.05) is 13.7 Å². The number of hydrogen-bond donors (Lipinski definition) is 1. The highest BCUT2D eigenvalue weighted by Crippen LogP contribution is 2.23. The van der Waals surface area contributed by atoms with Crippen LogP contribution in [0.15, 0.2) is 30.3 Å². The summed E-state index contributed by atoms with van der Waals surface area (Å²) in [4.78, 5) is 0. The molecular weight excluding hydrogens is 236 g/mol. The highest BCUT2D eigenvalue weighted by Gasteiger charge is 2.20. The molecule has 1 N–H and O–H groups in total. The fourth-order valence-electron chi connectivity index (χ4n) is 2.58. The van der Waals surface area contributed by atoms with Crippen LogP contribution >= 0.6 is 0 Å². The van der Waals surface area contributed by atoms with E-state index in [2.05, 4.69) is 40.2 Å². The Hall–Kier alpha value is -1.32. The van der Waals surface area contributed by atoms with Gasteiger partial charge in [-0.3, -0.25) is 0 Å². The van der Waals surface area contributed by atoms with Gasteiger partial charge in [0.05, 0.1) is 0 Å². The fourth-order valence-corrected chi connectivity index (χ4v) is 2.58. The van der Waals surface area contributed by atoms with E-state index in [0.29, 0.717) is 0 Å². The van der Waals surface area contributed by atoms with Crippen LogP contribution in [0.3, 0.4) is 0 Å². The summed E-state index contributed by atoms with van der Waals surface area (Å²) in [6.07, 6.45) is 3.74. The molecule has 19 heavy (non-hydrogen) atoms. The number of nitrogens with one attached hydrogen (secondary N) is 1. The van der Waals surface area contributed by atoms with Gasteiger partial charge >= 0.3 is 0 Å². The smallest absolute Gasteiger partial charge is 0.0482 e. The third-order valence-corrected chi connectivity index (χ3v) is 3.78. The van der Waals surface area contributed by atoms with Gasteiger partial charge in [0, 0.05) is 44.1 Å².